The van der Waals surface area contributed by atoms with E-state index in [1.807, 2.05) is 13.8 Å². The highest BCUT2D eigenvalue weighted by Gasteiger charge is 2.39. The van der Waals surface area contributed by atoms with Crippen LogP contribution in [0.2, 0.25) is 0 Å². The van der Waals surface area contributed by atoms with Crippen LogP contribution in [-0.4, -0.2) is 55.8 Å². The van der Waals surface area contributed by atoms with Gasteiger partial charge < -0.3 is 9.64 Å². The lowest BCUT2D eigenvalue weighted by Crippen LogP contribution is -2.50. The van der Waals surface area contributed by atoms with Gasteiger partial charge in [-0.3, -0.25) is 4.79 Å². The van der Waals surface area contributed by atoms with Crippen LogP contribution in [0.4, 0.5) is 13.2 Å². The van der Waals surface area contributed by atoms with Crippen LogP contribution in [0.3, 0.4) is 0 Å². The summed E-state index contributed by atoms with van der Waals surface area (Å²) in [5.74, 6) is 0.356. The standard InChI is InChI=1S/C21H23F3N2O4S/c1-15(2)30-17-9-7-16(8-10-17)20(27)25-11-13-26(14-12-25)31(28,29)19-6-4-3-5-18(19)21(22,23)24/h3-10,15H,11-14H2,1-2H3. The first-order valence-corrected chi connectivity index (χ1v) is 11.2. The number of piperazine rings is 1. The molecule has 168 valence electrons. The molecule has 0 aliphatic carbocycles. The van der Waals surface area contributed by atoms with Gasteiger partial charge >= 0.3 is 6.18 Å². The zero-order valence-electron chi connectivity index (χ0n) is 17.1. The van der Waals surface area contributed by atoms with Gasteiger partial charge in [0.05, 0.1) is 16.6 Å². The van der Waals surface area contributed by atoms with Crippen LogP contribution < -0.4 is 4.74 Å². The van der Waals surface area contributed by atoms with E-state index in [4.69, 9.17) is 4.74 Å². The van der Waals surface area contributed by atoms with E-state index >= 15 is 0 Å². The summed E-state index contributed by atoms with van der Waals surface area (Å²) in [6.07, 6.45) is -4.79. The average Bonchev–Trinajstić information content (AvgIpc) is 2.73. The summed E-state index contributed by atoms with van der Waals surface area (Å²) in [6.45, 7) is 3.76. The first-order chi connectivity index (χ1) is 14.5. The minimum atomic E-state index is -4.78. The maximum absolute atomic E-state index is 13.3. The summed E-state index contributed by atoms with van der Waals surface area (Å²) in [6, 6.07) is 10.7. The normalized spacial score (nSPS) is 15.9. The lowest BCUT2D eigenvalue weighted by molar-refractivity contribution is -0.139. The van der Waals surface area contributed by atoms with E-state index in [9.17, 15) is 26.4 Å². The van der Waals surface area contributed by atoms with Gasteiger partial charge in [-0.05, 0) is 50.2 Å². The molecule has 2 aromatic rings. The van der Waals surface area contributed by atoms with Crippen LogP contribution in [0.15, 0.2) is 53.4 Å². The Bertz CT molecular complexity index is 1030. The Kier molecular flexibility index (Phi) is 6.61. The number of carbonyl (C=O) groups excluding carboxylic acids is 1. The smallest absolute Gasteiger partial charge is 0.417 e. The van der Waals surface area contributed by atoms with Gasteiger partial charge in [-0.2, -0.15) is 17.5 Å². The summed E-state index contributed by atoms with van der Waals surface area (Å²) in [4.78, 5) is 13.4. The second-order valence-electron chi connectivity index (χ2n) is 7.38. The molecule has 1 aliphatic heterocycles. The number of alkyl halides is 3. The Hall–Kier alpha value is -2.59. The van der Waals surface area contributed by atoms with Crippen LogP contribution >= 0.6 is 0 Å². The minimum Gasteiger partial charge on any atom is -0.491 e. The number of rotatable bonds is 5. The highest BCUT2D eigenvalue weighted by atomic mass is 32.2. The molecule has 1 heterocycles. The summed E-state index contributed by atoms with van der Waals surface area (Å²) in [7, 11) is -4.35. The van der Waals surface area contributed by atoms with Crippen molar-refractivity contribution in [1.82, 2.24) is 9.21 Å². The van der Waals surface area contributed by atoms with E-state index in [1.165, 1.54) is 11.0 Å². The van der Waals surface area contributed by atoms with Crippen molar-refractivity contribution in [2.45, 2.75) is 31.0 Å². The van der Waals surface area contributed by atoms with Gasteiger partial charge in [0, 0.05) is 31.7 Å². The number of carbonyl (C=O) groups is 1. The molecule has 0 aromatic heterocycles. The molecule has 0 N–H and O–H groups in total. The van der Waals surface area contributed by atoms with Crippen LogP contribution in [-0.2, 0) is 16.2 Å². The Labute approximate surface area is 179 Å². The van der Waals surface area contributed by atoms with Gasteiger partial charge in [-0.25, -0.2) is 8.42 Å². The van der Waals surface area contributed by atoms with Crippen LogP contribution in [0.5, 0.6) is 5.75 Å². The molecule has 1 saturated heterocycles. The van der Waals surface area contributed by atoms with E-state index in [-0.39, 0.29) is 38.2 Å². The molecule has 0 bridgehead atoms. The molecule has 1 amide bonds. The Balaban J connectivity index is 1.70. The van der Waals surface area contributed by atoms with Crippen molar-refractivity contribution in [2.24, 2.45) is 0 Å². The quantitative estimate of drug-likeness (QED) is 0.689. The number of hydrogen-bond donors (Lipinski definition) is 0. The van der Waals surface area contributed by atoms with Crippen molar-refractivity contribution in [3.63, 3.8) is 0 Å². The van der Waals surface area contributed by atoms with Crippen molar-refractivity contribution in [3.8, 4) is 5.75 Å². The molecule has 0 saturated carbocycles. The maximum Gasteiger partial charge on any atom is 0.417 e. The number of sulfonamides is 1. The third-order valence-electron chi connectivity index (χ3n) is 4.81. The van der Waals surface area contributed by atoms with Crippen molar-refractivity contribution in [3.05, 3.63) is 59.7 Å². The second kappa shape index (κ2) is 8.88. The molecule has 0 unspecified atom stereocenters. The van der Waals surface area contributed by atoms with Gasteiger partial charge in [0.25, 0.3) is 5.91 Å². The predicted octanol–water partition coefficient (Wildman–Crippen LogP) is 3.64. The zero-order valence-corrected chi connectivity index (χ0v) is 17.9. The third kappa shape index (κ3) is 5.19. The summed E-state index contributed by atoms with van der Waals surface area (Å²) >= 11 is 0. The molecule has 0 spiro atoms. The molecule has 2 aromatic carbocycles. The topological polar surface area (TPSA) is 66.9 Å². The molecule has 10 heteroatoms. The largest absolute Gasteiger partial charge is 0.491 e. The van der Waals surface area contributed by atoms with Gasteiger partial charge in [0.15, 0.2) is 0 Å². The summed E-state index contributed by atoms with van der Waals surface area (Å²) in [5.41, 5.74) is -0.771. The van der Waals surface area contributed by atoms with E-state index in [1.54, 1.807) is 24.3 Å². The number of amides is 1. The number of hydrogen-bond acceptors (Lipinski definition) is 4. The van der Waals surface area contributed by atoms with Crippen LogP contribution in [0.25, 0.3) is 0 Å². The Morgan fingerprint density at radius 1 is 0.968 bits per heavy atom. The lowest BCUT2D eigenvalue weighted by Gasteiger charge is -2.34. The number of halogens is 3. The first-order valence-electron chi connectivity index (χ1n) is 9.72. The molecule has 0 radical (unpaired) electrons. The maximum atomic E-state index is 13.3. The fourth-order valence-electron chi connectivity index (χ4n) is 3.33. The van der Waals surface area contributed by atoms with Gasteiger partial charge in [-0.1, -0.05) is 12.1 Å². The molecule has 31 heavy (non-hydrogen) atoms. The first kappa shape index (κ1) is 23.1. The van der Waals surface area contributed by atoms with Crippen LogP contribution in [0.1, 0.15) is 29.8 Å². The number of benzene rings is 2. The van der Waals surface area contributed by atoms with Gasteiger partial charge in [0.1, 0.15) is 5.75 Å². The fraction of sp³-hybridized carbons (Fsp3) is 0.381. The van der Waals surface area contributed by atoms with Gasteiger partial charge in [-0.15, -0.1) is 0 Å². The summed E-state index contributed by atoms with van der Waals surface area (Å²) < 4.78 is 72.0. The zero-order chi connectivity index (χ0) is 22.8. The van der Waals surface area contributed by atoms with Crippen molar-refractivity contribution in [2.75, 3.05) is 26.2 Å². The highest BCUT2D eigenvalue weighted by molar-refractivity contribution is 7.89. The molecular weight excluding hydrogens is 433 g/mol. The molecule has 1 fully saturated rings. The Morgan fingerprint density at radius 3 is 2.10 bits per heavy atom. The average molecular weight is 456 g/mol. The molecule has 1 aliphatic rings. The third-order valence-corrected chi connectivity index (χ3v) is 6.77. The number of ether oxygens (including phenoxy) is 1. The van der Waals surface area contributed by atoms with Crippen molar-refractivity contribution >= 4 is 15.9 Å². The summed E-state index contributed by atoms with van der Waals surface area (Å²) in [5, 5.41) is 0. The number of nitrogens with zero attached hydrogens (tertiary/aromatic N) is 2. The minimum absolute atomic E-state index is 0.000876. The SMILES string of the molecule is CC(C)Oc1ccc(C(=O)N2CCN(S(=O)(=O)c3ccccc3C(F)(F)F)CC2)cc1. The molecular formula is C21H23F3N2O4S. The van der Waals surface area contributed by atoms with Gasteiger partial charge in [0.2, 0.25) is 10.0 Å². The fourth-order valence-corrected chi connectivity index (χ4v) is 4.96. The Morgan fingerprint density at radius 2 is 1.55 bits per heavy atom. The van der Waals surface area contributed by atoms with E-state index in [0.717, 1.165) is 22.5 Å². The van der Waals surface area contributed by atoms with E-state index in [2.05, 4.69) is 0 Å². The van der Waals surface area contributed by atoms with E-state index < -0.39 is 26.7 Å². The highest BCUT2D eigenvalue weighted by Crippen LogP contribution is 2.35. The molecule has 6 nitrogen and oxygen atoms in total. The van der Waals surface area contributed by atoms with Crippen molar-refractivity contribution < 1.29 is 31.1 Å². The second-order valence-corrected chi connectivity index (χ2v) is 9.29. The molecule has 0 atom stereocenters. The van der Waals surface area contributed by atoms with Crippen molar-refractivity contribution in [1.29, 1.82) is 0 Å². The van der Waals surface area contributed by atoms with Crippen LogP contribution in [0, 0.1) is 0 Å². The lowest BCUT2D eigenvalue weighted by atomic mass is 10.2. The molecule has 3 rings (SSSR count). The monoisotopic (exact) mass is 456 g/mol. The van der Waals surface area contributed by atoms with E-state index in [0.29, 0.717) is 11.3 Å². The predicted molar refractivity (Wildman–Crippen MR) is 108 cm³/mol.